The Hall–Kier alpha value is -3.03. The molecule has 176 valence electrons. The maximum absolute atomic E-state index is 13.1. The van der Waals surface area contributed by atoms with Crippen LogP contribution in [0.15, 0.2) is 48.0 Å². The molecule has 1 N–H and O–H groups in total. The molecule has 1 unspecified atom stereocenters. The van der Waals surface area contributed by atoms with Gasteiger partial charge in [0.2, 0.25) is 0 Å². The number of carbonyl (C=O) groups is 2. The van der Waals surface area contributed by atoms with Gasteiger partial charge in [-0.15, -0.1) is 0 Å². The minimum atomic E-state index is -0.768. The highest BCUT2D eigenvalue weighted by molar-refractivity contribution is 6.46. The Morgan fingerprint density at radius 1 is 1.12 bits per heavy atom. The maximum Gasteiger partial charge on any atom is 0.295 e. The number of carbonyl (C=O) groups excluding carboxylic acids is 2. The molecule has 0 aromatic heterocycles. The van der Waals surface area contributed by atoms with Gasteiger partial charge < -0.3 is 24.4 Å². The van der Waals surface area contributed by atoms with Gasteiger partial charge in [0, 0.05) is 23.7 Å². The third-order valence-electron chi connectivity index (χ3n) is 5.41. The zero-order chi connectivity index (χ0) is 24.1. The molecule has 2 aromatic carbocycles. The van der Waals surface area contributed by atoms with Crippen molar-refractivity contribution in [3.8, 4) is 11.5 Å². The van der Waals surface area contributed by atoms with Crippen molar-refractivity contribution < 1.29 is 24.2 Å². The summed E-state index contributed by atoms with van der Waals surface area (Å²) in [5.74, 6) is -0.548. The van der Waals surface area contributed by atoms with Gasteiger partial charge in [0.25, 0.3) is 11.7 Å². The van der Waals surface area contributed by atoms with Gasteiger partial charge in [0.1, 0.15) is 5.76 Å². The van der Waals surface area contributed by atoms with Crippen molar-refractivity contribution in [3.63, 3.8) is 0 Å². The number of halogens is 1. The smallest absolute Gasteiger partial charge is 0.295 e. The normalized spacial score (nSPS) is 17.6. The third-order valence-corrected chi connectivity index (χ3v) is 5.66. The molecule has 0 radical (unpaired) electrons. The Morgan fingerprint density at radius 3 is 2.42 bits per heavy atom. The Kier molecular flexibility index (Phi) is 8.00. The van der Waals surface area contributed by atoms with Crippen LogP contribution in [0, 0.1) is 0 Å². The molecule has 1 fully saturated rings. The summed E-state index contributed by atoms with van der Waals surface area (Å²) in [5, 5.41) is 11.6. The van der Waals surface area contributed by atoms with Crippen molar-refractivity contribution in [2.45, 2.75) is 19.4 Å². The first kappa shape index (κ1) is 24.6. The van der Waals surface area contributed by atoms with E-state index in [0.717, 1.165) is 6.42 Å². The fourth-order valence-corrected chi connectivity index (χ4v) is 3.84. The highest BCUT2D eigenvalue weighted by Gasteiger charge is 2.46. The van der Waals surface area contributed by atoms with Crippen LogP contribution in [0.2, 0.25) is 5.02 Å². The predicted molar refractivity (Wildman–Crippen MR) is 128 cm³/mol. The number of likely N-dealkylation sites (tertiary alicyclic amines) is 1. The van der Waals surface area contributed by atoms with Gasteiger partial charge in [-0.2, -0.15) is 0 Å². The number of aliphatic hydroxyl groups is 1. The number of benzene rings is 2. The molecule has 1 aliphatic heterocycles. The number of hydrogen-bond donors (Lipinski definition) is 1. The Labute approximate surface area is 199 Å². The molecule has 1 atom stereocenters. The largest absolute Gasteiger partial charge is 0.507 e. The summed E-state index contributed by atoms with van der Waals surface area (Å²) in [5.41, 5.74) is 1.09. The second-order valence-electron chi connectivity index (χ2n) is 8.06. The standard InChI is InChI=1S/C25H29ClN2O5/c1-5-14-33-20-15-17(8-11-19(20)32-4)22-21(23(29)16-6-9-18(26)10-7-16)24(30)25(31)28(22)13-12-27(2)3/h6-11,15,22,29H,5,12-14H2,1-4H3/b23-21-. The third kappa shape index (κ3) is 5.31. The van der Waals surface area contributed by atoms with Crippen LogP contribution in [-0.2, 0) is 9.59 Å². The van der Waals surface area contributed by atoms with E-state index in [-0.39, 0.29) is 11.3 Å². The van der Waals surface area contributed by atoms with E-state index in [1.54, 1.807) is 49.6 Å². The number of rotatable bonds is 9. The van der Waals surface area contributed by atoms with Crippen LogP contribution in [-0.4, -0.2) is 67.5 Å². The number of Topliss-reactive ketones (excluding diaryl/α,β-unsaturated/α-hetero) is 1. The lowest BCUT2D eigenvalue weighted by molar-refractivity contribution is -0.140. The summed E-state index contributed by atoms with van der Waals surface area (Å²) < 4.78 is 11.3. The fraction of sp³-hybridized carbons (Fsp3) is 0.360. The number of nitrogens with zero attached hydrogens (tertiary/aromatic N) is 2. The van der Waals surface area contributed by atoms with Crippen LogP contribution in [0.4, 0.5) is 0 Å². The molecule has 1 heterocycles. The minimum Gasteiger partial charge on any atom is -0.507 e. The number of ketones is 1. The molecule has 7 nitrogen and oxygen atoms in total. The van der Waals surface area contributed by atoms with E-state index < -0.39 is 17.7 Å². The lowest BCUT2D eigenvalue weighted by Crippen LogP contribution is -2.35. The lowest BCUT2D eigenvalue weighted by atomic mass is 9.95. The van der Waals surface area contributed by atoms with Crippen LogP contribution < -0.4 is 9.47 Å². The fourth-order valence-electron chi connectivity index (χ4n) is 3.72. The second-order valence-corrected chi connectivity index (χ2v) is 8.50. The SMILES string of the molecule is CCCOc1cc(C2/C(=C(/O)c3ccc(Cl)cc3)C(=O)C(=O)N2CCN(C)C)ccc1OC. The molecule has 1 aliphatic rings. The molecule has 2 aromatic rings. The Bertz CT molecular complexity index is 1050. The molecule has 0 saturated carbocycles. The van der Waals surface area contributed by atoms with E-state index in [0.29, 0.717) is 47.3 Å². The highest BCUT2D eigenvalue weighted by Crippen LogP contribution is 2.42. The first-order valence-corrected chi connectivity index (χ1v) is 11.2. The van der Waals surface area contributed by atoms with Gasteiger partial charge >= 0.3 is 0 Å². The van der Waals surface area contributed by atoms with E-state index >= 15 is 0 Å². The summed E-state index contributed by atoms with van der Waals surface area (Å²) in [4.78, 5) is 29.5. The summed E-state index contributed by atoms with van der Waals surface area (Å²) in [7, 11) is 5.34. The predicted octanol–water partition coefficient (Wildman–Crippen LogP) is 4.12. The number of hydrogen-bond acceptors (Lipinski definition) is 6. The molecular weight excluding hydrogens is 444 g/mol. The molecule has 1 saturated heterocycles. The van der Waals surface area contributed by atoms with Crippen molar-refractivity contribution in [3.05, 3.63) is 64.2 Å². The van der Waals surface area contributed by atoms with E-state index in [1.807, 2.05) is 25.9 Å². The van der Waals surface area contributed by atoms with Gasteiger partial charge in [-0.05, 0) is 62.5 Å². The maximum atomic E-state index is 13.1. The number of methoxy groups -OCH3 is 1. The number of amides is 1. The van der Waals surface area contributed by atoms with Crippen LogP contribution in [0.3, 0.4) is 0 Å². The van der Waals surface area contributed by atoms with Crippen molar-refractivity contribution in [1.29, 1.82) is 0 Å². The number of ether oxygens (including phenoxy) is 2. The van der Waals surface area contributed by atoms with Crippen LogP contribution in [0.1, 0.15) is 30.5 Å². The van der Waals surface area contributed by atoms with E-state index in [1.165, 1.54) is 4.90 Å². The average Bonchev–Trinajstić information content (AvgIpc) is 3.06. The van der Waals surface area contributed by atoms with Gasteiger partial charge in [0.05, 0.1) is 25.3 Å². The van der Waals surface area contributed by atoms with Crippen LogP contribution in [0.5, 0.6) is 11.5 Å². The van der Waals surface area contributed by atoms with Crippen molar-refractivity contribution in [1.82, 2.24) is 9.80 Å². The molecule has 0 aliphatic carbocycles. The molecule has 1 amide bonds. The Balaban J connectivity index is 2.16. The first-order chi connectivity index (χ1) is 15.8. The van der Waals surface area contributed by atoms with Gasteiger partial charge in [-0.3, -0.25) is 9.59 Å². The minimum absolute atomic E-state index is 0.0349. The van der Waals surface area contributed by atoms with Gasteiger partial charge in [-0.25, -0.2) is 0 Å². The molecule has 0 spiro atoms. The van der Waals surface area contributed by atoms with Crippen molar-refractivity contribution in [2.75, 3.05) is 40.9 Å². The van der Waals surface area contributed by atoms with E-state index in [2.05, 4.69) is 0 Å². The van der Waals surface area contributed by atoms with Gasteiger partial charge in [-0.1, -0.05) is 24.6 Å². The molecule has 3 rings (SSSR count). The zero-order valence-corrected chi connectivity index (χ0v) is 20.1. The average molecular weight is 473 g/mol. The van der Waals surface area contributed by atoms with Crippen molar-refractivity contribution in [2.24, 2.45) is 0 Å². The quantitative estimate of drug-likeness (QED) is 0.336. The molecular formula is C25H29ClN2O5. The summed E-state index contributed by atoms with van der Waals surface area (Å²) in [6.07, 6.45) is 0.811. The highest BCUT2D eigenvalue weighted by atomic mass is 35.5. The first-order valence-electron chi connectivity index (χ1n) is 10.8. The summed E-state index contributed by atoms with van der Waals surface area (Å²) in [6, 6.07) is 11.0. The van der Waals surface area contributed by atoms with Crippen molar-refractivity contribution >= 4 is 29.1 Å². The monoisotopic (exact) mass is 472 g/mol. The number of likely N-dealkylation sites (N-methyl/N-ethyl adjacent to an activating group) is 1. The summed E-state index contributed by atoms with van der Waals surface area (Å²) >= 11 is 5.98. The molecule has 33 heavy (non-hydrogen) atoms. The van der Waals surface area contributed by atoms with E-state index in [9.17, 15) is 14.7 Å². The zero-order valence-electron chi connectivity index (χ0n) is 19.3. The van der Waals surface area contributed by atoms with Crippen LogP contribution in [0.25, 0.3) is 5.76 Å². The van der Waals surface area contributed by atoms with Gasteiger partial charge in [0.15, 0.2) is 11.5 Å². The number of aliphatic hydroxyl groups excluding tert-OH is 1. The van der Waals surface area contributed by atoms with E-state index in [4.69, 9.17) is 21.1 Å². The second kappa shape index (κ2) is 10.7. The molecule has 0 bridgehead atoms. The molecule has 8 heteroatoms. The summed E-state index contributed by atoms with van der Waals surface area (Å²) in [6.45, 7) is 3.36. The Morgan fingerprint density at radius 2 is 1.82 bits per heavy atom. The topological polar surface area (TPSA) is 79.3 Å². The lowest BCUT2D eigenvalue weighted by Gasteiger charge is -2.27. The van der Waals surface area contributed by atoms with Crippen LogP contribution >= 0.6 is 11.6 Å².